The molecular formula is C26H29F3N6O2. The number of hydrogen-bond acceptors (Lipinski definition) is 5. The fourth-order valence-corrected chi connectivity index (χ4v) is 5.20. The lowest BCUT2D eigenvalue weighted by Crippen LogP contribution is -2.51. The number of pyridine rings is 1. The molecule has 0 radical (unpaired) electrons. The molecule has 2 amide bonds. The minimum Gasteiger partial charge on any atom is -0.366 e. The molecule has 2 aliphatic rings. The van der Waals surface area contributed by atoms with Crippen LogP contribution in [0.5, 0.6) is 0 Å². The molecular weight excluding hydrogens is 485 g/mol. The van der Waals surface area contributed by atoms with Gasteiger partial charge in [0.05, 0.1) is 12.1 Å². The minimum absolute atomic E-state index is 0.0678. The van der Waals surface area contributed by atoms with E-state index in [0.717, 1.165) is 49.2 Å². The standard InChI is InChI=1S/C26H29F3N6O2/c27-26(28,29)21-3-4-23(31-14-21)33-9-11-34(12-10-33)24(36)17-32-7-5-18(15-32)16-35-8-6-19-1-2-20(25(30)37)13-22(19)35/h1-4,6,8,13-14,18H,5,7,9-12,15-17H2,(H2,30,37). The molecule has 37 heavy (non-hydrogen) atoms. The molecule has 0 aliphatic carbocycles. The molecule has 11 heteroatoms. The van der Waals surface area contributed by atoms with Gasteiger partial charge in [-0.1, -0.05) is 6.07 Å². The van der Waals surface area contributed by atoms with Crippen LogP contribution in [0.4, 0.5) is 19.0 Å². The number of rotatable bonds is 6. The van der Waals surface area contributed by atoms with Gasteiger partial charge in [-0.05, 0) is 54.6 Å². The molecule has 0 saturated carbocycles. The first-order valence-electron chi connectivity index (χ1n) is 12.3. The minimum atomic E-state index is -4.41. The van der Waals surface area contributed by atoms with Crippen LogP contribution in [0.1, 0.15) is 22.3 Å². The molecule has 1 atom stereocenters. The maximum absolute atomic E-state index is 12.9. The van der Waals surface area contributed by atoms with Gasteiger partial charge in [-0.3, -0.25) is 14.5 Å². The van der Waals surface area contributed by atoms with Gasteiger partial charge in [0.2, 0.25) is 11.8 Å². The quantitative estimate of drug-likeness (QED) is 0.547. The molecule has 2 N–H and O–H groups in total. The monoisotopic (exact) mass is 514 g/mol. The lowest BCUT2D eigenvalue weighted by molar-refractivity contribution is -0.138. The van der Waals surface area contributed by atoms with E-state index in [0.29, 0.717) is 50.0 Å². The Balaban J connectivity index is 1.11. The fraction of sp³-hybridized carbons (Fsp3) is 0.423. The van der Waals surface area contributed by atoms with Crippen molar-refractivity contribution in [2.24, 2.45) is 11.7 Å². The number of hydrogen-bond donors (Lipinski definition) is 1. The van der Waals surface area contributed by atoms with Crippen LogP contribution in [0.3, 0.4) is 0 Å². The second kappa shape index (κ2) is 10.0. The number of carbonyl (C=O) groups excluding carboxylic acids is 2. The first kappa shape index (κ1) is 25.1. The van der Waals surface area contributed by atoms with E-state index < -0.39 is 17.6 Å². The first-order chi connectivity index (χ1) is 17.7. The molecule has 5 rings (SSSR count). The zero-order valence-electron chi connectivity index (χ0n) is 20.3. The van der Waals surface area contributed by atoms with Crippen LogP contribution in [-0.2, 0) is 17.5 Å². The predicted octanol–water partition coefficient (Wildman–Crippen LogP) is 2.82. The summed E-state index contributed by atoms with van der Waals surface area (Å²) < 4.78 is 40.5. The number of nitrogens with zero attached hydrogens (tertiary/aromatic N) is 5. The van der Waals surface area contributed by atoms with Gasteiger partial charge in [-0.25, -0.2) is 4.98 Å². The number of fused-ring (bicyclic) bond motifs is 1. The smallest absolute Gasteiger partial charge is 0.366 e. The van der Waals surface area contributed by atoms with E-state index in [-0.39, 0.29) is 5.91 Å². The van der Waals surface area contributed by atoms with Crippen LogP contribution in [0.25, 0.3) is 10.9 Å². The Labute approximate surface area is 212 Å². The van der Waals surface area contributed by atoms with Gasteiger partial charge in [0.15, 0.2) is 0 Å². The van der Waals surface area contributed by atoms with Crippen molar-refractivity contribution in [3.63, 3.8) is 0 Å². The number of anilines is 1. The molecule has 0 bridgehead atoms. The van der Waals surface area contributed by atoms with Crippen LogP contribution >= 0.6 is 0 Å². The van der Waals surface area contributed by atoms with Crippen LogP contribution < -0.4 is 10.6 Å². The van der Waals surface area contributed by atoms with Crippen molar-refractivity contribution in [1.82, 2.24) is 19.4 Å². The zero-order valence-corrected chi connectivity index (χ0v) is 20.3. The van der Waals surface area contributed by atoms with Gasteiger partial charge in [0, 0.05) is 62.7 Å². The Morgan fingerprint density at radius 2 is 1.81 bits per heavy atom. The normalized spacial score (nSPS) is 19.1. The Hall–Kier alpha value is -3.60. The summed E-state index contributed by atoms with van der Waals surface area (Å²) in [5.74, 6) is 0.501. The number of piperazine rings is 1. The number of aromatic nitrogens is 2. The van der Waals surface area contributed by atoms with Gasteiger partial charge in [0.1, 0.15) is 5.82 Å². The Morgan fingerprint density at radius 3 is 2.49 bits per heavy atom. The zero-order chi connectivity index (χ0) is 26.2. The van der Waals surface area contributed by atoms with E-state index in [9.17, 15) is 22.8 Å². The Morgan fingerprint density at radius 1 is 1.03 bits per heavy atom. The topological polar surface area (TPSA) is 87.7 Å². The van der Waals surface area contributed by atoms with Crippen LogP contribution in [0.2, 0.25) is 0 Å². The van der Waals surface area contributed by atoms with E-state index in [1.807, 2.05) is 34.2 Å². The SMILES string of the molecule is NC(=O)c1ccc2ccn(CC3CCN(CC(=O)N4CCN(c5ccc(C(F)(F)F)cn5)CC4)C3)c2c1. The first-order valence-corrected chi connectivity index (χ1v) is 12.3. The third-order valence-corrected chi connectivity index (χ3v) is 7.27. The third-order valence-electron chi connectivity index (χ3n) is 7.27. The van der Waals surface area contributed by atoms with Gasteiger partial charge >= 0.3 is 6.18 Å². The maximum atomic E-state index is 12.9. The lowest BCUT2D eigenvalue weighted by atomic mass is 10.1. The number of likely N-dealkylation sites (tertiary alicyclic amines) is 1. The van der Waals surface area contributed by atoms with Crippen molar-refractivity contribution in [2.45, 2.75) is 19.1 Å². The molecule has 3 aromatic rings. The van der Waals surface area contributed by atoms with Crippen LogP contribution in [-0.4, -0.2) is 77.0 Å². The number of alkyl halides is 3. The summed E-state index contributed by atoms with van der Waals surface area (Å²) in [5, 5.41) is 1.06. The van der Waals surface area contributed by atoms with Crippen molar-refractivity contribution < 1.29 is 22.8 Å². The highest BCUT2D eigenvalue weighted by Crippen LogP contribution is 2.29. The Bertz CT molecular complexity index is 1280. The Kier molecular flexibility index (Phi) is 6.80. The maximum Gasteiger partial charge on any atom is 0.417 e. The average molecular weight is 515 g/mol. The highest BCUT2D eigenvalue weighted by atomic mass is 19.4. The summed E-state index contributed by atoms with van der Waals surface area (Å²) >= 11 is 0. The van der Waals surface area contributed by atoms with Crippen LogP contribution in [0.15, 0.2) is 48.8 Å². The van der Waals surface area contributed by atoms with E-state index in [4.69, 9.17) is 5.73 Å². The summed E-state index contributed by atoms with van der Waals surface area (Å²) in [5.41, 5.74) is 6.13. The largest absolute Gasteiger partial charge is 0.417 e. The number of halogens is 3. The predicted molar refractivity (Wildman–Crippen MR) is 133 cm³/mol. The number of primary amides is 1. The number of carbonyl (C=O) groups is 2. The summed E-state index contributed by atoms with van der Waals surface area (Å²) in [6, 6.07) is 9.91. The van der Waals surface area contributed by atoms with Gasteiger partial charge in [0.25, 0.3) is 0 Å². The average Bonchev–Trinajstić information content (AvgIpc) is 3.50. The van der Waals surface area contributed by atoms with Crippen molar-refractivity contribution in [3.05, 3.63) is 59.9 Å². The molecule has 2 fully saturated rings. The van der Waals surface area contributed by atoms with Crippen molar-refractivity contribution in [3.8, 4) is 0 Å². The lowest BCUT2D eigenvalue weighted by Gasteiger charge is -2.36. The molecule has 0 spiro atoms. The molecule has 1 aromatic carbocycles. The third kappa shape index (κ3) is 5.56. The van der Waals surface area contributed by atoms with Crippen molar-refractivity contribution in [2.75, 3.05) is 50.7 Å². The molecule has 1 unspecified atom stereocenters. The fourth-order valence-electron chi connectivity index (χ4n) is 5.20. The molecule has 8 nitrogen and oxygen atoms in total. The second-order valence-corrected chi connectivity index (χ2v) is 9.77. The van der Waals surface area contributed by atoms with E-state index >= 15 is 0 Å². The molecule has 2 aliphatic heterocycles. The number of benzene rings is 1. The molecule has 2 aromatic heterocycles. The number of amides is 2. The molecule has 4 heterocycles. The molecule has 2 saturated heterocycles. The van der Waals surface area contributed by atoms with Gasteiger partial charge in [-0.15, -0.1) is 0 Å². The molecule has 196 valence electrons. The number of nitrogens with two attached hydrogens (primary N) is 1. The highest BCUT2D eigenvalue weighted by molar-refractivity contribution is 5.97. The summed E-state index contributed by atoms with van der Waals surface area (Å²) in [6.07, 6.45) is -0.552. The highest BCUT2D eigenvalue weighted by Gasteiger charge is 2.31. The van der Waals surface area contributed by atoms with E-state index in [1.54, 1.807) is 6.07 Å². The van der Waals surface area contributed by atoms with Crippen LogP contribution in [0, 0.1) is 5.92 Å². The van der Waals surface area contributed by atoms with Gasteiger partial charge < -0.3 is 20.1 Å². The van der Waals surface area contributed by atoms with E-state index in [1.165, 1.54) is 6.07 Å². The summed E-state index contributed by atoms with van der Waals surface area (Å²) in [7, 11) is 0. The van der Waals surface area contributed by atoms with Crippen molar-refractivity contribution >= 4 is 28.5 Å². The second-order valence-electron chi connectivity index (χ2n) is 9.77. The summed E-state index contributed by atoms with van der Waals surface area (Å²) in [6.45, 7) is 4.89. The van der Waals surface area contributed by atoms with Crippen molar-refractivity contribution in [1.29, 1.82) is 0 Å². The van der Waals surface area contributed by atoms with E-state index in [2.05, 4.69) is 14.5 Å². The van der Waals surface area contributed by atoms with Gasteiger partial charge in [-0.2, -0.15) is 13.2 Å². The summed E-state index contributed by atoms with van der Waals surface area (Å²) in [4.78, 5) is 34.4.